The van der Waals surface area contributed by atoms with Crippen LogP contribution in [-0.2, 0) is 4.79 Å². The maximum absolute atomic E-state index is 13.2. The Kier molecular flexibility index (Phi) is 5.84. The Morgan fingerprint density at radius 3 is 2.76 bits per heavy atom. The number of likely N-dealkylation sites (N-methyl/N-ethyl adjacent to an activating group) is 1. The first-order valence-electron chi connectivity index (χ1n) is 9.75. The molecular weight excluding hydrogens is 388 g/mol. The second-order valence-corrected chi connectivity index (χ2v) is 8.28. The molecule has 2 aliphatic heterocycles. The van der Waals surface area contributed by atoms with Crippen molar-refractivity contribution in [2.45, 2.75) is 12.5 Å². The number of carbonyl (C=O) groups excluding carboxylic acids is 1. The predicted molar refractivity (Wildman–Crippen MR) is 114 cm³/mol. The second kappa shape index (κ2) is 8.52. The number of benzene rings is 1. The largest absolute Gasteiger partial charge is 0.504 e. The maximum Gasteiger partial charge on any atom is 0.257 e. The molecule has 154 valence electrons. The van der Waals surface area contributed by atoms with Crippen LogP contribution < -0.4 is 4.74 Å². The number of aromatic hydroxyl groups is 1. The number of hydrogen-bond acceptors (Lipinski definition) is 7. The average molecular weight is 415 g/mol. The van der Waals surface area contributed by atoms with Crippen LogP contribution in [0.2, 0.25) is 0 Å². The van der Waals surface area contributed by atoms with Crippen LogP contribution in [-0.4, -0.2) is 78.4 Å². The molecule has 1 aromatic heterocycles. The summed E-state index contributed by atoms with van der Waals surface area (Å²) in [7, 11) is 3.63. The first-order chi connectivity index (χ1) is 14.1. The normalized spacial score (nSPS) is 20.7. The number of para-hydroxylation sites is 1. The fraction of sp³-hybridized carbons (Fsp3) is 0.429. The lowest BCUT2D eigenvalue weighted by molar-refractivity contribution is -0.134. The van der Waals surface area contributed by atoms with E-state index < -0.39 is 0 Å². The van der Waals surface area contributed by atoms with Crippen LogP contribution in [0.4, 0.5) is 0 Å². The number of methoxy groups -OCH3 is 1. The number of phenols is 1. The Morgan fingerprint density at radius 1 is 1.28 bits per heavy atom. The Balaban J connectivity index is 1.61. The van der Waals surface area contributed by atoms with Crippen molar-refractivity contribution in [3.05, 3.63) is 46.2 Å². The summed E-state index contributed by atoms with van der Waals surface area (Å²) >= 11 is 1.61. The van der Waals surface area contributed by atoms with Gasteiger partial charge in [0.15, 0.2) is 11.5 Å². The molecule has 0 bridgehead atoms. The summed E-state index contributed by atoms with van der Waals surface area (Å²) in [4.78, 5) is 17.7. The van der Waals surface area contributed by atoms with Gasteiger partial charge in [0.25, 0.3) is 5.91 Å². The third-order valence-corrected chi connectivity index (χ3v) is 6.25. The second-order valence-electron chi connectivity index (χ2n) is 7.50. The SMILES string of the molecule is COc1c(O)cccc1C1CC(c2ccsc2)=NN1C(=O)CN1CCN(C)CC1. The molecule has 2 aliphatic rings. The lowest BCUT2D eigenvalue weighted by Crippen LogP contribution is -2.48. The van der Waals surface area contributed by atoms with Crippen LogP contribution in [0.3, 0.4) is 0 Å². The molecule has 1 fully saturated rings. The average Bonchev–Trinajstić information content (AvgIpc) is 3.39. The zero-order valence-corrected chi connectivity index (χ0v) is 17.6. The third-order valence-electron chi connectivity index (χ3n) is 5.56. The molecule has 1 atom stereocenters. The minimum Gasteiger partial charge on any atom is -0.504 e. The maximum atomic E-state index is 13.2. The zero-order valence-electron chi connectivity index (χ0n) is 16.7. The Labute approximate surface area is 174 Å². The van der Waals surface area contributed by atoms with Crippen molar-refractivity contribution < 1.29 is 14.6 Å². The first-order valence-corrected chi connectivity index (χ1v) is 10.7. The summed E-state index contributed by atoms with van der Waals surface area (Å²) in [5.41, 5.74) is 2.69. The number of phenolic OH excluding ortho intramolecular Hbond substituents is 1. The van der Waals surface area contributed by atoms with E-state index >= 15 is 0 Å². The predicted octanol–water partition coefficient (Wildman–Crippen LogP) is 2.39. The quantitative estimate of drug-likeness (QED) is 0.814. The molecule has 1 aromatic carbocycles. The smallest absolute Gasteiger partial charge is 0.257 e. The number of nitrogens with zero attached hydrogens (tertiary/aromatic N) is 4. The first kappa shape index (κ1) is 19.9. The number of carbonyl (C=O) groups is 1. The molecule has 3 heterocycles. The molecule has 4 rings (SSSR count). The number of ether oxygens (including phenoxy) is 1. The van der Waals surface area contributed by atoms with Crippen molar-refractivity contribution in [2.24, 2.45) is 5.10 Å². The minimum atomic E-state index is -0.299. The number of piperazine rings is 1. The van der Waals surface area contributed by atoms with Crippen LogP contribution in [0.5, 0.6) is 11.5 Å². The summed E-state index contributed by atoms with van der Waals surface area (Å²) in [6, 6.07) is 6.99. The van der Waals surface area contributed by atoms with Crippen LogP contribution >= 0.6 is 11.3 Å². The molecule has 1 N–H and O–H groups in total. The van der Waals surface area contributed by atoms with Gasteiger partial charge in [-0.25, -0.2) is 5.01 Å². The highest BCUT2D eigenvalue weighted by Gasteiger charge is 2.36. The highest BCUT2D eigenvalue weighted by atomic mass is 32.1. The van der Waals surface area contributed by atoms with Gasteiger partial charge in [0.2, 0.25) is 0 Å². The highest BCUT2D eigenvalue weighted by Crippen LogP contribution is 2.41. The lowest BCUT2D eigenvalue weighted by Gasteiger charge is -2.33. The Bertz CT molecular complexity index is 891. The van der Waals surface area contributed by atoms with Crippen molar-refractivity contribution in [1.82, 2.24) is 14.8 Å². The molecule has 0 aliphatic carbocycles. The molecule has 0 saturated carbocycles. The van der Waals surface area contributed by atoms with E-state index in [-0.39, 0.29) is 17.7 Å². The van der Waals surface area contributed by atoms with E-state index in [2.05, 4.69) is 16.8 Å². The minimum absolute atomic E-state index is 0.0322. The van der Waals surface area contributed by atoms with Gasteiger partial charge in [0.1, 0.15) is 0 Å². The summed E-state index contributed by atoms with van der Waals surface area (Å²) in [5, 5.41) is 20.6. The monoisotopic (exact) mass is 414 g/mol. The van der Waals surface area contributed by atoms with Gasteiger partial charge < -0.3 is 14.7 Å². The Morgan fingerprint density at radius 2 is 2.07 bits per heavy atom. The van der Waals surface area contributed by atoms with Gasteiger partial charge in [0, 0.05) is 43.7 Å². The van der Waals surface area contributed by atoms with Crippen LogP contribution in [0.25, 0.3) is 0 Å². The van der Waals surface area contributed by atoms with Gasteiger partial charge in [-0.2, -0.15) is 16.4 Å². The summed E-state index contributed by atoms with van der Waals surface area (Å²) in [6.07, 6.45) is 0.588. The molecule has 7 nitrogen and oxygen atoms in total. The number of amides is 1. The molecule has 29 heavy (non-hydrogen) atoms. The van der Waals surface area contributed by atoms with E-state index in [0.717, 1.165) is 43.0 Å². The zero-order chi connectivity index (χ0) is 20.4. The standard InChI is InChI=1S/C21H26N4O3S/c1-23-7-9-24(10-8-23)13-20(27)25-18(12-17(22-25)15-6-11-29-14-15)16-4-3-5-19(26)21(16)28-2/h3-6,11,14,18,26H,7-10,12-13H2,1-2H3. The molecule has 0 spiro atoms. The molecular formula is C21H26N4O3S. The molecule has 8 heteroatoms. The van der Waals surface area contributed by atoms with Gasteiger partial charge in [-0.1, -0.05) is 12.1 Å². The number of rotatable bonds is 5. The third kappa shape index (κ3) is 4.14. The highest BCUT2D eigenvalue weighted by molar-refractivity contribution is 7.08. The van der Waals surface area contributed by atoms with Crippen molar-refractivity contribution >= 4 is 23.0 Å². The number of thiophene rings is 1. The summed E-state index contributed by atoms with van der Waals surface area (Å²) < 4.78 is 5.45. The van der Waals surface area contributed by atoms with Crippen molar-refractivity contribution in [3.8, 4) is 11.5 Å². The summed E-state index contributed by atoms with van der Waals surface area (Å²) in [5.74, 6) is 0.437. The van der Waals surface area contributed by atoms with E-state index in [1.807, 2.05) is 22.9 Å². The van der Waals surface area contributed by atoms with Crippen molar-refractivity contribution in [3.63, 3.8) is 0 Å². The van der Waals surface area contributed by atoms with Crippen LogP contribution in [0.15, 0.2) is 40.1 Å². The Hall–Kier alpha value is -2.42. The van der Waals surface area contributed by atoms with Gasteiger partial charge in [-0.15, -0.1) is 0 Å². The van der Waals surface area contributed by atoms with Crippen molar-refractivity contribution in [1.29, 1.82) is 0 Å². The molecule has 1 amide bonds. The fourth-order valence-electron chi connectivity index (χ4n) is 3.88. The molecule has 1 unspecified atom stereocenters. The molecule has 0 radical (unpaired) electrons. The van der Waals surface area contributed by atoms with E-state index in [1.165, 1.54) is 7.11 Å². The summed E-state index contributed by atoms with van der Waals surface area (Å²) in [6.45, 7) is 4.00. The lowest BCUT2D eigenvalue weighted by atomic mass is 9.98. The van der Waals surface area contributed by atoms with Gasteiger partial charge in [-0.3, -0.25) is 9.69 Å². The van der Waals surface area contributed by atoms with Crippen molar-refractivity contribution in [2.75, 3.05) is 46.9 Å². The van der Waals surface area contributed by atoms with Crippen LogP contribution in [0.1, 0.15) is 23.6 Å². The van der Waals surface area contributed by atoms with Gasteiger partial charge in [0.05, 0.1) is 25.4 Å². The molecule has 1 saturated heterocycles. The number of hydrogen-bond donors (Lipinski definition) is 1. The van der Waals surface area contributed by atoms with Crippen LogP contribution in [0, 0.1) is 0 Å². The van der Waals surface area contributed by atoms with E-state index in [9.17, 15) is 9.90 Å². The topological polar surface area (TPSA) is 68.6 Å². The van der Waals surface area contributed by atoms with E-state index in [4.69, 9.17) is 9.84 Å². The van der Waals surface area contributed by atoms with E-state index in [0.29, 0.717) is 18.7 Å². The van der Waals surface area contributed by atoms with Gasteiger partial charge >= 0.3 is 0 Å². The molecule has 2 aromatic rings. The van der Waals surface area contributed by atoms with Gasteiger partial charge in [-0.05, 0) is 29.9 Å². The fourth-order valence-corrected chi connectivity index (χ4v) is 4.55. The number of hydrazone groups is 1. The van der Waals surface area contributed by atoms with E-state index in [1.54, 1.807) is 28.5 Å².